The first-order valence-corrected chi connectivity index (χ1v) is 7.87. The normalized spacial score (nSPS) is 17.6. The number of nitrogens with one attached hydrogen (secondary N) is 1. The van der Waals surface area contributed by atoms with E-state index in [1.165, 1.54) is 38.0 Å². The molecule has 1 aromatic carbocycles. The van der Waals surface area contributed by atoms with Crippen molar-refractivity contribution >= 4 is 0 Å². The number of likely N-dealkylation sites (tertiary alicyclic amines) is 1. The van der Waals surface area contributed by atoms with E-state index in [0.29, 0.717) is 6.04 Å². The van der Waals surface area contributed by atoms with Gasteiger partial charge in [0.1, 0.15) is 5.75 Å². The van der Waals surface area contributed by atoms with Crippen LogP contribution in [0.2, 0.25) is 0 Å². The van der Waals surface area contributed by atoms with Gasteiger partial charge in [-0.2, -0.15) is 0 Å². The van der Waals surface area contributed by atoms with Gasteiger partial charge in [-0.05, 0) is 64.4 Å². The Hall–Kier alpha value is -1.06. The van der Waals surface area contributed by atoms with Gasteiger partial charge in [-0.15, -0.1) is 0 Å². The van der Waals surface area contributed by atoms with E-state index in [9.17, 15) is 0 Å². The van der Waals surface area contributed by atoms with Crippen molar-refractivity contribution < 1.29 is 4.74 Å². The summed E-state index contributed by atoms with van der Waals surface area (Å²) in [6, 6.07) is 8.84. The molecule has 3 heteroatoms. The van der Waals surface area contributed by atoms with E-state index in [-0.39, 0.29) is 6.10 Å². The maximum absolute atomic E-state index is 5.67. The Balaban J connectivity index is 1.75. The molecule has 0 spiro atoms. The second-order valence-corrected chi connectivity index (χ2v) is 5.96. The SMILES string of the molecule is CC(C)Oc1ccc(C(C)NCCN2CCCC2)cc1. The van der Waals surface area contributed by atoms with Gasteiger partial charge in [0.05, 0.1) is 6.10 Å². The number of benzene rings is 1. The second-order valence-electron chi connectivity index (χ2n) is 5.96. The third-order valence-corrected chi connectivity index (χ3v) is 3.83. The highest BCUT2D eigenvalue weighted by Gasteiger charge is 2.11. The Kier molecular flexibility index (Phi) is 5.86. The monoisotopic (exact) mass is 276 g/mol. The van der Waals surface area contributed by atoms with E-state index in [1.807, 2.05) is 0 Å². The smallest absolute Gasteiger partial charge is 0.119 e. The molecule has 0 saturated carbocycles. The highest BCUT2D eigenvalue weighted by Crippen LogP contribution is 2.18. The molecule has 0 amide bonds. The van der Waals surface area contributed by atoms with Gasteiger partial charge in [0.15, 0.2) is 0 Å². The molecule has 1 unspecified atom stereocenters. The first-order chi connectivity index (χ1) is 9.65. The summed E-state index contributed by atoms with van der Waals surface area (Å²) in [6.07, 6.45) is 2.97. The fourth-order valence-corrected chi connectivity index (χ4v) is 2.67. The van der Waals surface area contributed by atoms with Gasteiger partial charge in [-0.1, -0.05) is 12.1 Å². The minimum atomic E-state index is 0.233. The van der Waals surface area contributed by atoms with Crippen LogP contribution in [0.5, 0.6) is 5.75 Å². The molecular formula is C17H28N2O. The molecule has 0 aromatic heterocycles. The molecular weight excluding hydrogens is 248 g/mol. The molecule has 1 N–H and O–H groups in total. The summed E-state index contributed by atoms with van der Waals surface area (Å²) >= 11 is 0. The molecule has 1 heterocycles. The maximum atomic E-state index is 5.67. The van der Waals surface area contributed by atoms with Crippen molar-refractivity contribution in [2.45, 2.75) is 45.8 Å². The summed E-state index contributed by atoms with van der Waals surface area (Å²) in [7, 11) is 0. The molecule has 1 saturated heterocycles. The third kappa shape index (κ3) is 4.80. The first-order valence-electron chi connectivity index (χ1n) is 7.87. The zero-order valence-corrected chi connectivity index (χ0v) is 13.1. The van der Waals surface area contributed by atoms with Gasteiger partial charge < -0.3 is 15.0 Å². The maximum Gasteiger partial charge on any atom is 0.119 e. The van der Waals surface area contributed by atoms with Crippen LogP contribution in [0.25, 0.3) is 0 Å². The second kappa shape index (κ2) is 7.65. The molecule has 20 heavy (non-hydrogen) atoms. The van der Waals surface area contributed by atoms with Crippen molar-refractivity contribution in [3.05, 3.63) is 29.8 Å². The van der Waals surface area contributed by atoms with Crippen LogP contribution in [0.3, 0.4) is 0 Å². The minimum absolute atomic E-state index is 0.233. The number of hydrogen-bond acceptors (Lipinski definition) is 3. The quantitative estimate of drug-likeness (QED) is 0.827. The van der Waals surface area contributed by atoms with E-state index in [4.69, 9.17) is 4.74 Å². The van der Waals surface area contributed by atoms with Crippen molar-refractivity contribution in [3.8, 4) is 5.75 Å². The average Bonchev–Trinajstić information content (AvgIpc) is 2.92. The van der Waals surface area contributed by atoms with Crippen LogP contribution in [0.15, 0.2) is 24.3 Å². The van der Waals surface area contributed by atoms with Gasteiger partial charge in [-0.3, -0.25) is 0 Å². The molecule has 0 bridgehead atoms. The molecule has 1 aromatic rings. The minimum Gasteiger partial charge on any atom is -0.491 e. The van der Waals surface area contributed by atoms with Crippen LogP contribution in [0, 0.1) is 0 Å². The lowest BCUT2D eigenvalue weighted by atomic mass is 10.1. The molecule has 0 aliphatic carbocycles. The van der Waals surface area contributed by atoms with Crippen molar-refractivity contribution in [1.82, 2.24) is 10.2 Å². The highest BCUT2D eigenvalue weighted by molar-refractivity contribution is 5.29. The predicted octanol–water partition coefficient (Wildman–Crippen LogP) is 3.22. The molecule has 1 aliphatic rings. The van der Waals surface area contributed by atoms with Crippen molar-refractivity contribution in [2.24, 2.45) is 0 Å². The summed E-state index contributed by atoms with van der Waals surface area (Å²) in [6.45, 7) is 11.1. The van der Waals surface area contributed by atoms with E-state index < -0.39 is 0 Å². The Morgan fingerprint density at radius 3 is 2.35 bits per heavy atom. The van der Waals surface area contributed by atoms with Crippen LogP contribution in [0.4, 0.5) is 0 Å². The molecule has 1 fully saturated rings. The summed E-state index contributed by atoms with van der Waals surface area (Å²) in [5.74, 6) is 0.952. The predicted molar refractivity (Wildman–Crippen MR) is 84.3 cm³/mol. The summed E-state index contributed by atoms with van der Waals surface area (Å²) in [5, 5.41) is 3.60. The van der Waals surface area contributed by atoms with Gasteiger partial charge in [0.2, 0.25) is 0 Å². The Bertz CT molecular complexity index is 382. The largest absolute Gasteiger partial charge is 0.491 e. The van der Waals surface area contributed by atoms with E-state index in [1.54, 1.807) is 0 Å². The van der Waals surface area contributed by atoms with E-state index in [0.717, 1.165) is 12.3 Å². The van der Waals surface area contributed by atoms with Crippen LogP contribution >= 0.6 is 0 Å². The van der Waals surface area contributed by atoms with Gasteiger partial charge in [0, 0.05) is 19.1 Å². The summed E-state index contributed by atoms with van der Waals surface area (Å²) in [5.41, 5.74) is 1.32. The van der Waals surface area contributed by atoms with Gasteiger partial charge in [0.25, 0.3) is 0 Å². The zero-order chi connectivity index (χ0) is 14.4. The number of hydrogen-bond donors (Lipinski definition) is 1. The molecule has 0 radical (unpaired) electrons. The number of ether oxygens (including phenoxy) is 1. The first kappa shape index (κ1) is 15.3. The van der Waals surface area contributed by atoms with E-state index >= 15 is 0 Å². The van der Waals surface area contributed by atoms with Crippen LogP contribution in [-0.2, 0) is 0 Å². The fourth-order valence-electron chi connectivity index (χ4n) is 2.67. The summed E-state index contributed by atoms with van der Waals surface area (Å²) in [4.78, 5) is 2.54. The molecule has 2 rings (SSSR count). The average molecular weight is 276 g/mol. The standard InChI is InChI=1S/C17H28N2O/c1-14(2)20-17-8-6-16(7-9-17)15(3)18-10-13-19-11-4-5-12-19/h6-9,14-15,18H,4-5,10-13H2,1-3H3. The van der Waals surface area contributed by atoms with Crippen LogP contribution in [0.1, 0.15) is 45.2 Å². The lowest BCUT2D eigenvalue weighted by Gasteiger charge is -2.19. The Morgan fingerprint density at radius 1 is 1.10 bits per heavy atom. The Labute approximate surface area is 123 Å². The molecule has 112 valence electrons. The van der Waals surface area contributed by atoms with Crippen molar-refractivity contribution in [1.29, 1.82) is 0 Å². The number of rotatable bonds is 7. The van der Waals surface area contributed by atoms with E-state index in [2.05, 4.69) is 55.3 Å². The molecule has 1 aliphatic heterocycles. The lowest BCUT2D eigenvalue weighted by Crippen LogP contribution is -2.31. The van der Waals surface area contributed by atoms with Crippen LogP contribution < -0.4 is 10.1 Å². The fraction of sp³-hybridized carbons (Fsp3) is 0.647. The molecule has 1 atom stereocenters. The Morgan fingerprint density at radius 2 is 1.75 bits per heavy atom. The zero-order valence-electron chi connectivity index (χ0n) is 13.1. The third-order valence-electron chi connectivity index (χ3n) is 3.83. The molecule has 3 nitrogen and oxygen atoms in total. The van der Waals surface area contributed by atoms with Gasteiger partial charge in [-0.25, -0.2) is 0 Å². The topological polar surface area (TPSA) is 24.5 Å². The number of nitrogens with zero attached hydrogens (tertiary/aromatic N) is 1. The van der Waals surface area contributed by atoms with Crippen molar-refractivity contribution in [2.75, 3.05) is 26.2 Å². The van der Waals surface area contributed by atoms with Crippen LogP contribution in [-0.4, -0.2) is 37.2 Å². The van der Waals surface area contributed by atoms with Gasteiger partial charge >= 0.3 is 0 Å². The summed E-state index contributed by atoms with van der Waals surface area (Å²) < 4.78 is 5.67. The lowest BCUT2D eigenvalue weighted by molar-refractivity contribution is 0.242. The highest BCUT2D eigenvalue weighted by atomic mass is 16.5. The van der Waals surface area contributed by atoms with Crippen molar-refractivity contribution in [3.63, 3.8) is 0 Å².